The van der Waals surface area contributed by atoms with Gasteiger partial charge in [-0.2, -0.15) is 5.10 Å². The maximum Gasteiger partial charge on any atom is 0.338 e. The van der Waals surface area contributed by atoms with Gasteiger partial charge in [0.05, 0.1) is 34.9 Å². The maximum atomic E-state index is 12.7. The van der Waals surface area contributed by atoms with Crippen LogP contribution < -0.4 is 5.32 Å². The molecule has 0 fully saturated rings. The number of esters is 1. The Balaban J connectivity index is 1.37. The van der Waals surface area contributed by atoms with Gasteiger partial charge in [-0.3, -0.25) is 9.79 Å². The topological polar surface area (TPSA) is 85.6 Å². The molecule has 0 aliphatic carbocycles. The summed E-state index contributed by atoms with van der Waals surface area (Å²) in [6, 6.07) is 15.3. The minimum Gasteiger partial charge on any atom is -0.452 e. The summed E-state index contributed by atoms with van der Waals surface area (Å²) in [7, 11) is 0. The molecule has 9 heteroatoms. The highest BCUT2D eigenvalue weighted by Crippen LogP contribution is 2.27. The number of hydrogen-bond donors (Lipinski definition) is 1. The molecule has 3 aromatic rings. The number of nitrogens with one attached hydrogen (secondary N) is 1. The van der Waals surface area contributed by atoms with E-state index >= 15 is 0 Å². The summed E-state index contributed by atoms with van der Waals surface area (Å²) >= 11 is 3.35. The minimum atomic E-state index is -0.517. The van der Waals surface area contributed by atoms with E-state index in [4.69, 9.17) is 4.74 Å². The van der Waals surface area contributed by atoms with Gasteiger partial charge in [-0.25, -0.2) is 9.48 Å². The van der Waals surface area contributed by atoms with Gasteiger partial charge >= 0.3 is 5.97 Å². The van der Waals surface area contributed by atoms with Gasteiger partial charge in [-0.05, 0) is 44.5 Å². The van der Waals surface area contributed by atoms with Crippen molar-refractivity contribution < 1.29 is 14.3 Å². The number of benzene rings is 2. The summed E-state index contributed by atoms with van der Waals surface area (Å²) in [5, 5.41) is 7.39. The molecule has 0 saturated heterocycles. The molecule has 0 bridgehead atoms. The van der Waals surface area contributed by atoms with Crippen LogP contribution in [0.2, 0.25) is 0 Å². The Hall–Kier alpha value is -3.04. The molecular weight excluding hydrogens is 468 g/mol. The smallest absolute Gasteiger partial charge is 0.338 e. The number of amides is 1. The first-order valence-electron chi connectivity index (χ1n) is 10.9. The molecule has 0 unspecified atom stereocenters. The Bertz CT molecular complexity index is 1240. The lowest BCUT2D eigenvalue weighted by Gasteiger charge is -2.10. The molecule has 2 heterocycles. The van der Waals surface area contributed by atoms with Crippen LogP contribution in [0.1, 0.15) is 32.9 Å². The molecule has 4 rings (SSSR count). The van der Waals surface area contributed by atoms with Gasteiger partial charge in [0.1, 0.15) is 4.38 Å². The number of aryl methyl sites for hydroxylation is 2. The molecule has 0 radical (unpaired) electrons. The van der Waals surface area contributed by atoms with E-state index in [1.165, 1.54) is 0 Å². The molecule has 176 valence electrons. The Labute approximate surface area is 207 Å². The fraction of sp³-hybridized carbons (Fsp3) is 0.280. The largest absolute Gasteiger partial charge is 0.452 e. The van der Waals surface area contributed by atoms with Crippen LogP contribution in [-0.4, -0.2) is 44.9 Å². The van der Waals surface area contributed by atoms with E-state index in [0.717, 1.165) is 39.2 Å². The van der Waals surface area contributed by atoms with Crippen molar-refractivity contribution in [2.45, 2.75) is 26.5 Å². The van der Waals surface area contributed by atoms with Crippen LogP contribution in [0, 0.1) is 20.8 Å². The third-order valence-corrected chi connectivity index (χ3v) is 7.62. The van der Waals surface area contributed by atoms with Crippen LogP contribution in [0.15, 0.2) is 53.5 Å². The number of carbonyl (C=O) groups is 2. The molecule has 0 atom stereocenters. The van der Waals surface area contributed by atoms with E-state index in [1.54, 1.807) is 40.3 Å². The van der Waals surface area contributed by atoms with Crippen molar-refractivity contribution >= 4 is 45.5 Å². The first kappa shape index (κ1) is 24.1. The molecule has 0 spiro atoms. The number of aromatic nitrogens is 2. The number of ether oxygens (including phenoxy) is 1. The van der Waals surface area contributed by atoms with E-state index in [9.17, 15) is 9.59 Å². The molecule has 0 saturated carbocycles. The van der Waals surface area contributed by atoms with Gasteiger partial charge in [-0.15, -0.1) is 0 Å². The van der Waals surface area contributed by atoms with Crippen molar-refractivity contribution in [2.24, 2.45) is 4.99 Å². The number of nitrogens with zero attached hydrogens (tertiary/aromatic N) is 3. The number of aliphatic imine (C=N–C) groups is 1. The number of carbonyl (C=O) groups excluding carboxylic acids is 2. The van der Waals surface area contributed by atoms with Crippen LogP contribution in [0.3, 0.4) is 0 Å². The summed E-state index contributed by atoms with van der Waals surface area (Å²) in [4.78, 5) is 29.7. The first-order chi connectivity index (χ1) is 16.4. The van der Waals surface area contributed by atoms with E-state index in [-0.39, 0.29) is 6.61 Å². The molecule has 7 nitrogen and oxygen atoms in total. The second-order valence-corrected chi connectivity index (χ2v) is 10.2. The molecule has 1 N–H and O–H groups in total. The zero-order valence-corrected chi connectivity index (χ0v) is 21.0. The maximum absolute atomic E-state index is 12.7. The number of anilines is 1. The number of thioether (sulfide) groups is 2. The second-order valence-electron chi connectivity index (χ2n) is 7.86. The predicted octanol–water partition coefficient (Wildman–Crippen LogP) is 4.93. The lowest BCUT2D eigenvalue weighted by Crippen LogP contribution is -2.22. The van der Waals surface area contributed by atoms with Crippen LogP contribution in [-0.2, 0) is 15.3 Å². The lowest BCUT2D eigenvalue weighted by molar-refractivity contribution is -0.119. The van der Waals surface area contributed by atoms with Gasteiger partial charge in [0, 0.05) is 11.5 Å². The molecule has 1 aliphatic heterocycles. The van der Waals surface area contributed by atoms with E-state index in [0.29, 0.717) is 22.7 Å². The first-order valence-corrected chi connectivity index (χ1v) is 12.9. The summed E-state index contributed by atoms with van der Waals surface area (Å²) < 4.78 is 8.17. The summed E-state index contributed by atoms with van der Waals surface area (Å²) in [5.74, 6) is 0.701. The Morgan fingerprint density at radius 2 is 1.88 bits per heavy atom. The summed E-state index contributed by atoms with van der Waals surface area (Å²) in [6.45, 7) is 6.22. The fourth-order valence-corrected chi connectivity index (χ4v) is 5.55. The van der Waals surface area contributed by atoms with Crippen LogP contribution in [0.5, 0.6) is 0 Å². The SMILES string of the molecule is Cc1ccc(-n2nc(C)c(NC(=O)COC(=O)c3ccccc3CSC3=NCCS3)c2C)cc1. The predicted molar refractivity (Wildman–Crippen MR) is 139 cm³/mol. The second kappa shape index (κ2) is 10.9. The minimum absolute atomic E-state index is 0.378. The summed E-state index contributed by atoms with van der Waals surface area (Å²) in [6.07, 6.45) is 0. The van der Waals surface area contributed by atoms with Crippen molar-refractivity contribution in [1.82, 2.24) is 9.78 Å². The molecular formula is C25H26N4O3S2. The number of hydrogen-bond acceptors (Lipinski definition) is 7. The van der Waals surface area contributed by atoms with Crippen molar-refractivity contribution in [3.8, 4) is 5.69 Å². The quantitative estimate of drug-likeness (QED) is 0.469. The van der Waals surface area contributed by atoms with Crippen LogP contribution in [0.25, 0.3) is 5.69 Å². The van der Waals surface area contributed by atoms with Crippen LogP contribution in [0.4, 0.5) is 5.69 Å². The van der Waals surface area contributed by atoms with Gasteiger partial charge in [0.15, 0.2) is 6.61 Å². The standard InChI is InChI=1S/C25H26N4O3S2/c1-16-8-10-20(11-9-16)29-18(3)23(17(2)28-29)27-22(30)14-32-24(31)21-7-5-4-6-19(21)15-34-25-26-12-13-33-25/h4-11H,12-15H2,1-3H3,(H,27,30). The van der Waals surface area contributed by atoms with Crippen molar-refractivity contribution in [1.29, 1.82) is 0 Å². The molecule has 2 aromatic carbocycles. The lowest BCUT2D eigenvalue weighted by atomic mass is 10.1. The molecule has 34 heavy (non-hydrogen) atoms. The molecule has 1 aromatic heterocycles. The molecule has 1 amide bonds. The van der Waals surface area contributed by atoms with Gasteiger partial charge in [0.2, 0.25) is 0 Å². The highest BCUT2D eigenvalue weighted by atomic mass is 32.2. The Morgan fingerprint density at radius 1 is 1.12 bits per heavy atom. The third-order valence-electron chi connectivity index (χ3n) is 5.31. The van der Waals surface area contributed by atoms with Gasteiger partial charge < -0.3 is 10.1 Å². The highest BCUT2D eigenvalue weighted by Gasteiger charge is 2.18. The van der Waals surface area contributed by atoms with Crippen molar-refractivity contribution in [3.63, 3.8) is 0 Å². The monoisotopic (exact) mass is 494 g/mol. The fourth-order valence-electron chi connectivity index (χ4n) is 3.53. The van der Waals surface area contributed by atoms with E-state index < -0.39 is 11.9 Å². The number of rotatable bonds is 7. The van der Waals surface area contributed by atoms with Crippen molar-refractivity contribution in [3.05, 3.63) is 76.6 Å². The molecule has 1 aliphatic rings. The van der Waals surface area contributed by atoms with Crippen LogP contribution >= 0.6 is 23.5 Å². The normalized spacial score (nSPS) is 13.0. The zero-order chi connectivity index (χ0) is 24.1. The van der Waals surface area contributed by atoms with Gasteiger partial charge in [-0.1, -0.05) is 59.4 Å². The Morgan fingerprint density at radius 3 is 2.62 bits per heavy atom. The summed E-state index contributed by atoms with van der Waals surface area (Å²) in [5.41, 5.74) is 5.50. The average Bonchev–Trinajstić information content (AvgIpc) is 3.46. The third kappa shape index (κ3) is 5.71. The average molecular weight is 495 g/mol. The highest BCUT2D eigenvalue weighted by molar-refractivity contribution is 8.38. The Kier molecular flexibility index (Phi) is 7.74. The van der Waals surface area contributed by atoms with E-state index in [2.05, 4.69) is 15.4 Å². The zero-order valence-electron chi connectivity index (χ0n) is 19.3. The van der Waals surface area contributed by atoms with Crippen molar-refractivity contribution in [2.75, 3.05) is 24.2 Å². The van der Waals surface area contributed by atoms with Gasteiger partial charge in [0.25, 0.3) is 5.91 Å². The van der Waals surface area contributed by atoms with E-state index in [1.807, 2.05) is 57.2 Å².